The maximum absolute atomic E-state index is 12.8. The van der Waals surface area contributed by atoms with Crippen molar-refractivity contribution in [1.29, 1.82) is 5.26 Å². The number of methoxy groups -OCH3 is 1. The Morgan fingerprint density at radius 1 is 1.19 bits per heavy atom. The molecule has 0 aromatic heterocycles. The average Bonchev–Trinajstić information content (AvgIpc) is 3.11. The van der Waals surface area contributed by atoms with Crippen molar-refractivity contribution in [1.82, 2.24) is 0 Å². The first-order valence-corrected chi connectivity index (χ1v) is 8.64. The van der Waals surface area contributed by atoms with Crippen LogP contribution in [-0.2, 0) is 11.2 Å². The van der Waals surface area contributed by atoms with E-state index in [1.54, 1.807) is 36.1 Å². The average molecular weight is 364 g/mol. The van der Waals surface area contributed by atoms with Crippen LogP contribution in [-0.4, -0.2) is 31.4 Å². The van der Waals surface area contributed by atoms with Gasteiger partial charge in [-0.25, -0.2) is 0 Å². The Balaban J connectivity index is 1.79. The highest BCUT2D eigenvalue weighted by Gasteiger charge is 2.25. The van der Waals surface area contributed by atoms with E-state index in [2.05, 4.69) is 0 Å². The van der Waals surface area contributed by atoms with Gasteiger partial charge in [0.15, 0.2) is 17.6 Å². The van der Waals surface area contributed by atoms with E-state index in [1.807, 2.05) is 18.2 Å². The summed E-state index contributed by atoms with van der Waals surface area (Å²) in [7, 11) is 1.48. The third-order valence-corrected chi connectivity index (χ3v) is 4.61. The lowest BCUT2D eigenvalue weighted by Gasteiger charge is -2.17. The number of fused-ring (bicyclic) bond motifs is 1. The Bertz CT molecular complexity index is 946. The molecule has 6 heteroatoms. The van der Waals surface area contributed by atoms with Gasteiger partial charge in [-0.15, -0.1) is 0 Å². The number of hydrogen-bond donors (Lipinski definition) is 0. The predicted octanol–water partition coefficient (Wildman–Crippen LogP) is 3.13. The van der Waals surface area contributed by atoms with Gasteiger partial charge in [-0.1, -0.05) is 0 Å². The molecule has 0 saturated carbocycles. The van der Waals surface area contributed by atoms with E-state index in [0.29, 0.717) is 29.2 Å². The van der Waals surface area contributed by atoms with Gasteiger partial charge in [0.05, 0.1) is 18.7 Å². The number of carbonyl (C=O) groups excluding carboxylic acids is 2. The lowest BCUT2D eigenvalue weighted by molar-refractivity contribution is -0.116. The molecule has 3 rings (SSSR count). The molecule has 0 bridgehead atoms. The summed E-state index contributed by atoms with van der Waals surface area (Å²) in [5.74, 6) is 0.643. The molecular weight excluding hydrogens is 344 g/mol. The van der Waals surface area contributed by atoms with Crippen molar-refractivity contribution in [2.75, 3.05) is 18.6 Å². The van der Waals surface area contributed by atoms with Crippen LogP contribution < -0.4 is 14.4 Å². The topological polar surface area (TPSA) is 79.6 Å². The molecule has 0 N–H and O–H groups in total. The zero-order chi connectivity index (χ0) is 19.6. The number of hydrogen-bond acceptors (Lipinski definition) is 5. The van der Waals surface area contributed by atoms with Crippen LogP contribution in [0.3, 0.4) is 0 Å². The van der Waals surface area contributed by atoms with E-state index in [4.69, 9.17) is 14.7 Å². The molecule has 1 aliphatic heterocycles. The number of benzene rings is 2. The van der Waals surface area contributed by atoms with E-state index in [1.165, 1.54) is 14.0 Å². The molecule has 0 saturated heterocycles. The minimum atomic E-state index is -0.727. The number of anilines is 1. The van der Waals surface area contributed by atoms with Gasteiger partial charge < -0.3 is 14.4 Å². The molecular formula is C21H20N2O4. The molecule has 1 heterocycles. The lowest BCUT2D eigenvalue weighted by Crippen LogP contribution is -2.26. The summed E-state index contributed by atoms with van der Waals surface area (Å²) in [6.45, 7) is 3.85. The third kappa shape index (κ3) is 3.63. The fourth-order valence-electron chi connectivity index (χ4n) is 3.20. The summed E-state index contributed by atoms with van der Waals surface area (Å²) in [6.07, 6.45) is 0.00420. The normalized spacial score (nSPS) is 13.5. The Morgan fingerprint density at radius 2 is 1.96 bits per heavy atom. The summed E-state index contributed by atoms with van der Waals surface area (Å²) in [6, 6.07) is 12.2. The Labute approximate surface area is 157 Å². The van der Waals surface area contributed by atoms with Crippen LogP contribution in [0.1, 0.15) is 35.3 Å². The second kappa shape index (κ2) is 7.50. The Hall–Kier alpha value is -3.33. The predicted molar refractivity (Wildman–Crippen MR) is 100 cm³/mol. The van der Waals surface area contributed by atoms with Gasteiger partial charge in [0.1, 0.15) is 0 Å². The van der Waals surface area contributed by atoms with Crippen LogP contribution in [0.5, 0.6) is 11.5 Å². The molecule has 1 amide bonds. The molecule has 1 aliphatic rings. The third-order valence-electron chi connectivity index (χ3n) is 4.61. The second-order valence-electron chi connectivity index (χ2n) is 6.37. The maximum atomic E-state index is 12.8. The number of ether oxygens (including phenoxy) is 2. The van der Waals surface area contributed by atoms with Crippen molar-refractivity contribution < 1.29 is 19.1 Å². The highest BCUT2D eigenvalue weighted by molar-refractivity contribution is 6.01. The molecule has 138 valence electrons. The van der Waals surface area contributed by atoms with Crippen LogP contribution in [0.2, 0.25) is 0 Å². The van der Waals surface area contributed by atoms with Crippen molar-refractivity contribution in [3.8, 4) is 17.6 Å². The first kappa shape index (κ1) is 18.5. The van der Waals surface area contributed by atoms with E-state index in [-0.39, 0.29) is 11.7 Å². The van der Waals surface area contributed by atoms with E-state index >= 15 is 0 Å². The van der Waals surface area contributed by atoms with E-state index in [9.17, 15) is 9.59 Å². The number of rotatable bonds is 5. The van der Waals surface area contributed by atoms with Gasteiger partial charge in [-0.2, -0.15) is 5.26 Å². The highest BCUT2D eigenvalue weighted by Crippen LogP contribution is 2.31. The maximum Gasteiger partial charge on any atom is 0.223 e. The van der Waals surface area contributed by atoms with E-state index < -0.39 is 6.10 Å². The molecule has 2 aromatic rings. The number of nitriles is 1. The summed E-state index contributed by atoms with van der Waals surface area (Å²) in [4.78, 5) is 26.2. The molecule has 1 atom stereocenters. The number of nitrogens with zero attached hydrogens (tertiary/aromatic N) is 2. The smallest absolute Gasteiger partial charge is 0.223 e. The van der Waals surface area contributed by atoms with E-state index in [0.717, 1.165) is 17.7 Å². The molecule has 0 aliphatic carbocycles. The zero-order valence-corrected chi connectivity index (χ0v) is 15.5. The number of carbonyl (C=O) groups is 2. The van der Waals surface area contributed by atoms with Gasteiger partial charge >= 0.3 is 0 Å². The molecule has 0 unspecified atom stereocenters. The van der Waals surface area contributed by atoms with Crippen LogP contribution in [0, 0.1) is 11.3 Å². The van der Waals surface area contributed by atoms with Gasteiger partial charge in [0.25, 0.3) is 0 Å². The molecule has 27 heavy (non-hydrogen) atoms. The molecule has 2 aromatic carbocycles. The van der Waals surface area contributed by atoms with Crippen molar-refractivity contribution in [3.05, 3.63) is 53.1 Å². The zero-order valence-electron chi connectivity index (χ0n) is 15.5. The number of amides is 1. The van der Waals surface area contributed by atoms with Crippen LogP contribution in [0.25, 0.3) is 0 Å². The van der Waals surface area contributed by atoms with Gasteiger partial charge in [-0.3, -0.25) is 9.59 Å². The minimum absolute atomic E-state index is 0.00237. The lowest BCUT2D eigenvalue weighted by atomic mass is 10.0. The van der Waals surface area contributed by atoms with Crippen molar-refractivity contribution in [2.45, 2.75) is 26.4 Å². The standard InChI is InChI=1S/C21H20N2O4/c1-13(27-19-7-4-15(12-22)10-20(19)26-3)21(25)17-5-6-18-16(11-17)8-9-23(18)14(2)24/h4-7,10-11,13H,8-9H2,1-3H3/t13-/m0/s1. The van der Waals surface area contributed by atoms with Crippen molar-refractivity contribution in [2.24, 2.45) is 0 Å². The first-order chi connectivity index (χ1) is 12.9. The van der Waals surface area contributed by atoms with Gasteiger partial charge in [0, 0.05) is 30.8 Å². The quantitative estimate of drug-likeness (QED) is 0.762. The second-order valence-corrected chi connectivity index (χ2v) is 6.37. The van der Waals surface area contributed by atoms with Crippen LogP contribution in [0.15, 0.2) is 36.4 Å². The highest BCUT2D eigenvalue weighted by atomic mass is 16.5. The fourth-order valence-corrected chi connectivity index (χ4v) is 3.20. The summed E-state index contributed by atoms with van der Waals surface area (Å²) < 4.78 is 11.0. The molecule has 6 nitrogen and oxygen atoms in total. The van der Waals surface area contributed by atoms with Crippen molar-refractivity contribution in [3.63, 3.8) is 0 Å². The largest absolute Gasteiger partial charge is 0.493 e. The summed E-state index contributed by atoms with van der Waals surface area (Å²) in [5, 5.41) is 8.97. The first-order valence-electron chi connectivity index (χ1n) is 8.64. The summed E-state index contributed by atoms with van der Waals surface area (Å²) in [5.41, 5.74) is 2.84. The van der Waals surface area contributed by atoms with Crippen molar-refractivity contribution >= 4 is 17.4 Å². The molecule has 0 fully saturated rings. The monoisotopic (exact) mass is 364 g/mol. The van der Waals surface area contributed by atoms with Gasteiger partial charge in [0.2, 0.25) is 11.7 Å². The van der Waals surface area contributed by atoms with Gasteiger partial charge in [-0.05, 0) is 49.2 Å². The number of Topliss-reactive ketones (excluding diaryl/α,β-unsaturated/α-hetero) is 1. The SMILES string of the molecule is COc1cc(C#N)ccc1O[C@@H](C)C(=O)c1ccc2c(c1)CCN2C(C)=O. The Kier molecular flexibility index (Phi) is 5.13. The number of ketones is 1. The van der Waals surface area contributed by atoms with Crippen LogP contribution in [0.4, 0.5) is 5.69 Å². The van der Waals surface area contributed by atoms with Crippen LogP contribution >= 0.6 is 0 Å². The Morgan fingerprint density at radius 3 is 2.63 bits per heavy atom. The molecule has 0 spiro atoms. The minimum Gasteiger partial charge on any atom is -0.493 e. The molecule has 0 radical (unpaired) electrons. The fraction of sp³-hybridized carbons (Fsp3) is 0.286. The summed E-state index contributed by atoms with van der Waals surface area (Å²) >= 11 is 0.